The Bertz CT molecular complexity index is 301. The van der Waals surface area contributed by atoms with E-state index in [-0.39, 0.29) is 40.7 Å². The Hall–Kier alpha value is 0.420. The first-order chi connectivity index (χ1) is 4.72. The van der Waals surface area contributed by atoms with Crippen molar-refractivity contribution in [2.24, 2.45) is 0 Å². The number of hydrogen-bond acceptors (Lipinski definition) is 2. The predicted molar refractivity (Wildman–Crippen MR) is 47.1 cm³/mol. The first-order valence-electron chi connectivity index (χ1n) is 2.69. The molecule has 0 heterocycles. The largest absolute Gasteiger partial charge is 1.00 e. The molecule has 0 unspecified atom stereocenters. The molecule has 0 radical (unpaired) electrons. The quantitative estimate of drug-likeness (QED) is 0.454. The minimum absolute atomic E-state index is 0. The van der Waals surface area contributed by atoms with Gasteiger partial charge in [-0.2, -0.15) is 0 Å². The van der Waals surface area contributed by atoms with Crippen LogP contribution in [0.5, 0.6) is 5.75 Å². The molecule has 0 fully saturated rings. The van der Waals surface area contributed by atoms with Crippen LogP contribution < -0.4 is 35.0 Å². The first-order valence-corrected chi connectivity index (χ1v) is 3.77. The van der Waals surface area contributed by atoms with E-state index >= 15 is 0 Å². The van der Waals surface area contributed by atoms with E-state index in [2.05, 4.69) is 0 Å². The van der Waals surface area contributed by atoms with Crippen molar-refractivity contribution in [3.8, 4) is 5.75 Å². The summed E-state index contributed by atoms with van der Waals surface area (Å²) in [7, 11) is 0. The van der Waals surface area contributed by atoms with Crippen molar-refractivity contribution in [3.05, 3.63) is 38.1 Å². The van der Waals surface area contributed by atoms with E-state index < -0.39 is 0 Å². The molecule has 0 bridgehead atoms. The summed E-state index contributed by atoms with van der Waals surface area (Å²) in [5.41, 5.74) is -0.339. The molecule has 0 saturated heterocycles. The molecule has 1 aromatic carbocycles. The van der Waals surface area contributed by atoms with Crippen LogP contribution in [0.2, 0.25) is 0 Å². The van der Waals surface area contributed by atoms with Crippen molar-refractivity contribution in [2.45, 2.75) is 0 Å². The summed E-state index contributed by atoms with van der Waals surface area (Å²) in [6.07, 6.45) is 0. The Morgan fingerprint density at radius 2 is 1.82 bits per heavy atom. The fourth-order valence-corrected chi connectivity index (χ4v) is 1.03. The van der Waals surface area contributed by atoms with Gasteiger partial charge in [-0.05, 0) is 34.7 Å². The SMILES string of the molecule is O=c1ccccc(I)c1O.[Na+]. The van der Waals surface area contributed by atoms with Crippen molar-refractivity contribution >= 4 is 22.6 Å². The van der Waals surface area contributed by atoms with Crippen molar-refractivity contribution in [1.82, 2.24) is 0 Å². The van der Waals surface area contributed by atoms with Gasteiger partial charge in [0.1, 0.15) is 0 Å². The molecule has 4 heteroatoms. The van der Waals surface area contributed by atoms with E-state index in [1.165, 1.54) is 6.07 Å². The summed E-state index contributed by atoms with van der Waals surface area (Å²) in [5, 5.41) is 9.05. The second kappa shape index (κ2) is 5.13. The molecule has 0 aliphatic carbocycles. The first kappa shape index (κ1) is 11.4. The van der Waals surface area contributed by atoms with Gasteiger partial charge in [0.2, 0.25) is 5.43 Å². The Morgan fingerprint density at radius 3 is 2.45 bits per heavy atom. The van der Waals surface area contributed by atoms with E-state index in [0.717, 1.165) is 0 Å². The third-order valence-corrected chi connectivity index (χ3v) is 1.93. The van der Waals surface area contributed by atoms with Gasteiger partial charge in [-0.3, -0.25) is 4.79 Å². The standard InChI is InChI=1S/C7H5IO2.Na/c8-5-3-1-2-4-6(9)7(5)10;/h1-4H,(H,9,10);/q;+1. The summed E-state index contributed by atoms with van der Waals surface area (Å²) in [4.78, 5) is 10.8. The predicted octanol–water partition coefficient (Wildman–Crippen LogP) is -1.64. The van der Waals surface area contributed by atoms with Gasteiger partial charge in [-0.1, -0.05) is 12.1 Å². The second-order valence-corrected chi connectivity index (χ2v) is 2.94. The molecule has 11 heavy (non-hydrogen) atoms. The van der Waals surface area contributed by atoms with Crippen molar-refractivity contribution < 1.29 is 34.7 Å². The van der Waals surface area contributed by atoms with Gasteiger partial charge in [0.15, 0.2) is 5.75 Å². The van der Waals surface area contributed by atoms with Gasteiger partial charge >= 0.3 is 29.6 Å². The van der Waals surface area contributed by atoms with E-state index in [1.807, 2.05) is 22.6 Å². The number of aromatic hydroxyl groups is 1. The number of halogens is 1. The molecule has 52 valence electrons. The minimum atomic E-state index is -0.339. The van der Waals surface area contributed by atoms with E-state index in [0.29, 0.717) is 3.57 Å². The Morgan fingerprint density at radius 1 is 1.27 bits per heavy atom. The number of rotatable bonds is 0. The van der Waals surface area contributed by atoms with Crippen molar-refractivity contribution in [2.75, 3.05) is 0 Å². The summed E-state index contributed by atoms with van der Waals surface area (Å²) in [6, 6.07) is 6.32. The zero-order valence-corrected chi connectivity index (χ0v) is 10.2. The Balaban J connectivity index is 0.000001000. The Kier molecular flexibility index (Phi) is 5.33. The molecule has 1 N–H and O–H groups in total. The third-order valence-electron chi connectivity index (χ3n) is 1.06. The average molecular weight is 271 g/mol. The molecule has 0 atom stereocenters. The molecule has 2 nitrogen and oxygen atoms in total. The summed E-state index contributed by atoms with van der Waals surface area (Å²) in [6.45, 7) is 0. The smallest absolute Gasteiger partial charge is 0.503 e. The summed E-state index contributed by atoms with van der Waals surface area (Å²) >= 11 is 1.90. The maximum atomic E-state index is 10.8. The van der Waals surface area contributed by atoms with Crippen LogP contribution in [0.15, 0.2) is 29.1 Å². The molecule has 0 spiro atoms. The van der Waals surface area contributed by atoms with Crippen LogP contribution in [0.3, 0.4) is 0 Å². The fraction of sp³-hybridized carbons (Fsp3) is 0. The van der Waals surface area contributed by atoms with Gasteiger partial charge in [0, 0.05) is 0 Å². The van der Waals surface area contributed by atoms with E-state index in [4.69, 9.17) is 5.11 Å². The molecule has 0 aliphatic heterocycles. The second-order valence-electron chi connectivity index (χ2n) is 1.78. The average Bonchev–Trinajstić information content (AvgIpc) is 2.04. The van der Waals surface area contributed by atoms with E-state index in [9.17, 15) is 4.79 Å². The normalized spacial score (nSPS) is 8.45. The molecule has 0 saturated carbocycles. The van der Waals surface area contributed by atoms with Crippen LogP contribution in [-0.2, 0) is 0 Å². The molecular weight excluding hydrogens is 266 g/mol. The van der Waals surface area contributed by atoms with Gasteiger partial charge in [0.05, 0.1) is 3.57 Å². The fourth-order valence-electron chi connectivity index (χ4n) is 0.559. The van der Waals surface area contributed by atoms with Crippen LogP contribution in [0, 0.1) is 3.57 Å². The van der Waals surface area contributed by atoms with Crippen LogP contribution in [-0.4, -0.2) is 5.11 Å². The van der Waals surface area contributed by atoms with E-state index in [1.54, 1.807) is 18.2 Å². The van der Waals surface area contributed by atoms with Crippen molar-refractivity contribution in [1.29, 1.82) is 0 Å². The maximum Gasteiger partial charge on any atom is 1.00 e. The Labute approximate surface area is 100 Å². The molecule has 0 aromatic heterocycles. The topological polar surface area (TPSA) is 37.3 Å². The summed E-state index contributed by atoms with van der Waals surface area (Å²) in [5.74, 6) is -0.175. The minimum Gasteiger partial charge on any atom is -0.503 e. The molecule has 1 aromatic rings. The van der Waals surface area contributed by atoms with Crippen LogP contribution in [0.1, 0.15) is 0 Å². The zero-order chi connectivity index (χ0) is 7.56. The monoisotopic (exact) mass is 271 g/mol. The van der Waals surface area contributed by atoms with Gasteiger partial charge in [0.25, 0.3) is 0 Å². The molecular formula is C7H5INaO2+. The van der Waals surface area contributed by atoms with Crippen LogP contribution in [0.25, 0.3) is 0 Å². The van der Waals surface area contributed by atoms with Gasteiger partial charge in [-0.25, -0.2) is 0 Å². The maximum absolute atomic E-state index is 10.8. The number of hydrogen-bond donors (Lipinski definition) is 1. The van der Waals surface area contributed by atoms with Crippen molar-refractivity contribution in [3.63, 3.8) is 0 Å². The zero-order valence-electron chi connectivity index (χ0n) is 6.04. The van der Waals surface area contributed by atoms with Crippen LogP contribution >= 0.6 is 22.6 Å². The third kappa shape index (κ3) is 3.11. The van der Waals surface area contributed by atoms with Gasteiger partial charge in [-0.15, -0.1) is 0 Å². The molecule has 0 aliphatic rings. The summed E-state index contributed by atoms with van der Waals surface area (Å²) < 4.78 is 0.576. The van der Waals surface area contributed by atoms with Gasteiger partial charge < -0.3 is 5.11 Å². The van der Waals surface area contributed by atoms with Crippen LogP contribution in [0.4, 0.5) is 0 Å². The molecule has 0 amide bonds. The molecule has 1 rings (SSSR count).